The molecule has 9 nitrogen and oxygen atoms in total. The summed E-state index contributed by atoms with van der Waals surface area (Å²) < 4.78 is 5.79. The van der Waals surface area contributed by atoms with Gasteiger partial charge in [0.1, 0.15) is 18.2 Å². The Kier molecular flexibility index (Phi) is 11.4. The summed E-state index contributed by atoms with van der Waals surface area (Å²) in [7, 11) is 0. The summed E-state index contributed by atoms with van der Waals surface area (Å²) in [5.74, 6) is -0.882. The van der Waals surface area contributed by atoms with Gasteiger partial charge in [-0.3, -0.25) is 24.4 Å². The van der Waals surface area contributed by atoms with Crippen molar-refractivity contribution in [1.82, 2.24) is 26.1 Å². The van der Waals surface area contributed by atoms with E-state index in [2.05, 4.69) is 34.2 Å². The van der Waals surface area contributed by atoms with Gasteiger partial charge in [0, 0.05) is 18.1 Å². The number of benzene rings is 1. The van der Waals surface area contributed by atoms with Crippen LogP contribution in [0.4, 0.5) is 0 Å². The minimum absolute atomic E-state index is 0.0589. The minimum Gasteiger partial charge on any atom is -0.457 e. The molecule has 1 aliphatic rings. The summed E-state index contributed by atoms with van der Waals surface area (Å²) in [5.41, 5.74) is 4.66. The highest BCUT2D eigenvalue weighted by molar-refractivity contribution is 5.90. The Hall–Kier alpha value is -3.56. The predicted octanol–water partition coefficient (Wildman–Crippen LogP) is 4.06. The summed E-state index contributed by atoms with van der Waals surface area (Å²) in [4.78, 5) is 43.5. The number of hydrogen-bond acceptors (Lipinski definition) is 7. The summed E-state index contributed by atoms with van der Waals surface area (Å²) in [6, 6.07) is 5.97. The second-order valence-electron chi connectivity index (χ2n) is 10.6. The van der Waals surface area contributed by atoms with E-state index < -0.39 is 30.2 Å². The van der Waals surface area contributed by atoms with Crippen molar-refractivity contribution in [2.24, 2.45) is 5.92 Å². The van der Waals surface area contributed by atoms with Gasteiger partial charge in [-0.2, -0.15) is 0 Å². The van der Waals surface area contributed by atoms with Crippen molar-refractivity contribution in [1.29, 1.82) is 0 Å². The van der Waals surface area contributed by atoms with Crippen LogP contribution in [-0.2, 0) is 19.1 Å². The van der Waals surface area contributed by atoms with Crippen LogP contribution in [0.15, 0.2) is 49.7 Å². The molecule has 2 aromatic rings. The number of ether oxygens (including phenoxy) is 1. The summed E-state index contributed by atoms with van der Waals surface area (Å²) in [6.45, 7) is 16.0. The van der Waals surface area contributed by atoms with Crippen molar-refractivity contribution in [3.63, 3.8) is 0 Å². The normalized spacial score (nSPS) is 17.6. The Bertz CT molecular complexity index is 1210. The second-order valence-corrected chi connectivity index (χ2v) is 10.6. The zero-order chi connectivity index (χ0) is 29.2. The van der Waals surface area contributed by atoms with Crippen LogP contribution in [0.2, 0.25) is 0 Å². The van der Waals surface area contributed by atoms with E-state index in [1.54, 1.807) is 19.2 Å². The van der Waals surface area contributed by atoms with Crippen molar-refractivity contribution in [2.75, 3.05) is 13.1 Å². The maximum atomic E-state index is 13.2. The van der Waals surface area contributed by atoms with E-state index in [9.17, 15) is 14.4 Å². The van der Waals surface area contributed by atoms with Gasteiger partial charge in [-0.1, -0.05) is 38.6 Å². The number of allylic oxidation sites excluding steroid dienone is 1. The molecule has 1 fully saturated rings. The molecule has 216 valence electrons. The fourth-order valence-corrected chi connectivity index (χ4v) is 4.71. The van der Waals surface area contributed by atoms with Gasteiger partial charge in [-0.25, -0.2) is 5.43 Å². The molecule has 4 unspecified atom stereocenters. The molecule has 1 aliphatic heterocycles. The smallest absolute Gasteiger partial charge is 0.325 e. The Morgan fingerprint density at radius 2 is 1.95 bits per heavy atom. The van der Waals surface area contributed by atoms with Crippen LogP contribution < -0.4 is 16.1 Å². The first-order chi connectivity index (χ1) is 19.1. The van der Waals surface area contributed by atoms with E-state index in [-0.39, 0.29) is 17.7 Å². The molecule has 40 heavy (non-hydrogen) atoms. The Labute approximate surface area is 237 Å². The van der Waals surface area contributed by atoms with E-state index in [1.807, 2.05) is 51.1 Å². The number of amides is 2. The first-order valence-corrected chi connectivity index (χ1v) is 14.1. The van der Waals surface area contributed by atoms with Crippen LogP contribution in [-0.4, -0.2) is 59.0 Å². The molecule has 0 saturated carbocycles. The largest absolute Gasteiger partial charge is 0.457 e. The maximum Gasteiger partial charge on any atom is 0.325 e. The van der Waals surface area contributed by atoms with Gasteiger partial charge in [0.25, 0.3) is 5.91 Å². The van der Waals surface area contributed by atoms with Crippen molar-refractivity contribution in [3.05, 3.63) is 61.0 Å². The number of carbonyl (C=O) groups is 3. The molecule has 0 radical (unpaired) electrons. The molecular formula is C31H43N5O4. The average Bonchev–Trinajstić information content (AvgIpc) is 2.95. The zero-order valence-electron chi connectivity index (χ0n) is 24.1. The summed E-state index contributed by atoms with van der Waals surface area (Å²) in [5, 5.41) is 9.51. The molecule has 1 aromatic heterocycles. The van der Waals surface area contributed by atoms with Crippen LogP contribution in [0.1, 0.15) is 70.7 Å². The molecule has 0 bridgehead atoms. The summed E-state index contributed by atoms with van der Waals surface area (Å²) >= 11 is 0. The van der Waals surface area contributed by atoms with Crippen molar-refractivity contribution in [2.45, 2.75) is 77.6 Å². The van der Waals surface area contributed by atoms with Crippen LogP contribution >= 0.6 is 0 Å². The Balaban J connectivity index is 1.56. The highest BCUT2D eigenvalue weighted by Gasteiger charge is 2.33. The van der Waals surface area contributed by atoms with E-state index >= 15 is 0 Å². The molecular weight excluding hydrogens is 506 g/mol. The van der Waals surface area contributed by atoms with Crippen molar-refractivity contribution >= 4 is 34.6 Å². The highest BCUT2D eigenvalue weighted by atomic mass is 16.5. The quantitative estimate of drug-likeness (QED) is 0.196. The molecule has 2 heterocycles. The number of fused-ring (bicyclic) bond motifs is 1. The van der Waals surface area contributed by atoms with Gasteiger partial charge in [-0.05, 0) is 81.2 Å². The van der Waals surface area contributed by atoms with Gasteiger partial charge < -0.3 is 15.4 Å². The molecule has 0 spiro atoms. The topological polar surface area (TPSA) is 113 Å². The molecule has 2 amide bonds. The SMILES string of the molecule is C=CCCCNC(C(=O)NC(C)C(=O)N1CCCC(C(=O)OC(C)c2ccc3cnc(C=C)cc3c2)N1)C(C)C. The highest BCUT2D eigenvalue weighted by Crippen LogP contribution is 2.24. The third-order valence-electron chi connectivity index (χ3n) is 7.10. The van der Waals surface area contributed by atoms with Gasteiger partial charge in [0.2, 0.25) is 5.91 Å². The number of pyridine rings is 1. The number of nitrogens with zero attached hydrogens (tertiary/aromatic N) is 2. The maximum absolute atomic E-state index is 13.2. The van der Waals surface area contributed by atoms with Gasteiger partial charge >= 0.3 is 5.97 Å². The van der Waals surface area contributed by atoms with E-state index in [4.69, 9.17) is 4.74 Å². The molecule has 0 aliphatic carbocycles. The lowest BCUT2D eigenvalue weighted by Crippen LogP contribution is -2.60. The number of unbranched alkanes of at least 4 members (excludes halogenated alkanes) is 1. The van der Waals surface area contributed by atoms with Gasteiger partial charge in [0.15, 0.2) is 0 Å². The number of hydrazine groups is 1. The number of esters is 1. The van der Waals surface area contributed by atoms with E-state index in [0.29, 0.717) is 25.9 Å². The number of rotatable bonds is 13. The van der Waals surface area contributed by atoms with Crippen molar-refractivity contribution < 1.29 is 19.1 Å². The van der Waals surface area contributed by atoms with Crippen LogP contribution in [0.5, 0.6) is 0 Å². The number of carbonyl (C=O) groups excluding carboxylic acids is 3. The lowest BCUT2D eigenvalue weighted by atomic mass is 10.0. The lowest BCUT2D eigenvalue weighted by Gasteiger charge is -2.35. The average molecular weight is 550 g/mol. The fraction of sp³-hybridized carbons (Fsp3) is 0.484. The number of hydrogen-bond donors (Lipinski definition) is 3. The minimum atomic E-state index is -0.752. The molecule has 1 saturated heterocycles. The van der Waals surface area contributed by atoms with Gasteiger partial charge in [-0.15, -0.1) is 6.58 Å². The van der Waals surface area contributed by atoms with E-state index in [0.717, 1.165) is 34.9 Å². The van der Waals surface area contributed by atoms with Crippen molar-refractivity contribution in [3.8, 4) is 0 Å². The lowest BCUT2D eigenvalue weighted by molar-refractivity contribution is -0.157. The number of nitrogens with one attached hydrogen (secondary N) is 3. The Morgan fingerprint density at radius 1 is 1.18 bits per heavy atom. The second kappa shape index (κ2) is 14.7. The summed E-state index contributed by atoms with van der Waals surface area (Å²) in [6.07, 6.45) is 7.79. The fourth-order valence-electron chi connectivity index (χ4n) is 4.71. The molecule has 3 rings (SSSR count). The first kappa shape index (κ1) is 31.0. The monoisotopic (exact) mass is 549 g/mol. The van der Waals surface area contributed by atoms with E-state index in [1.165, 1.54) is 5.01 Å². The van der Waals surface area contributed by atoms with Crippen LogP contribution in [0.3, 0.4) is 0 Å². The standard InChI is InChI=1S/C31H43N5O4/c1-7-9-10-15-32-28(20(3)4)29(37)34-21(5)30(38)36-16-11-12-27(35-36)31(39)40-22(6)23-13-14-24-19-33-26(8-2)18-25(24)17-23/h7-8,13-14,17-22,27-28,32,35H,1-2,9-12,15-16H2,3-6H3,(H,34,37). The third kappa shape index (κ3) is 8.22. The van der Waals surface area contributed by atoms with Gasteiger partial charge in [0.05, 0.1) is 11.7 Å². The number of aromatic nitrogens is 1. The van der Waals surface area contributed by atoms with Crippen LogP contribution in [0.25, 0.3) is 16.8 Å². The third-order valence-corrected chi connectivity index (χ3v) is 7.10. The predicted molar refractivity (Wildman–Crippen MR) is 158 cm³/mol. The van der Waals surface area contributed by atoms with Crippen LogP contribution in [0, 0.1) is 5.92 Å². The molecule has 1 aromatic carbocycles. The molecule has 3 N–H and O–H groups in total. The molecule has 4 atom stereocenters. The molecule has 9 heteroatoms. The first-order valence-electron chi connectivity index (χ1n) is 14.1. The Morgan fingerprint density at radius 3 is 2.65 bits per heavy atom. The zero-order valence-corrected chi connectivity index (χ0v) is 24.1.